The summed E-state index contributed by atoms with van der Waals surface area (Å²) in [5, 5.41) is 0. The topological polar surface area (TPSA) is 39.2 Å². The molecule has 0 spiro atoms. The lowest BCUT2D eigenvalue weighted by molar-refractivity contribution is 0.103. The van der Waals surface area contributed by atoms with Gasteiger partial charge < -0.3 is 4.74 Å². The van der Waals surface area contributed by atoms with E-state index in [0.717, 1.165) is 5.69 Å². The van der Waals surface area contributed by atoms with Crippen LogP contribution in [0.2, 0.25) is 0 Å². The molecule has 0 aliphatic rings. The molecule has 0 bridgehead atoms. The van der Waals surface area contributed by atoms with Gasteiger partial charge in [0.25, 0.3) is 0 Å². The molecule has 0 saturated carbocycles. The van der Waals surface area contributed by atoms with E-state index in [1.807, 2.05) is 19.1 Å². The highest BCUT2D eigenvalue weighted by Gasteiger charge is 2.10. The molecule has 86 valence electrons. The molecule has 2 aromatic rings. The number of benzene rings is 1. The molecule has 0 aliphatic heterocycles. The number of pyridine rings is 1. The van der Waals surface area contributed by atoms with Crippen LogP contribution in [0.5, 0.6) is 5.75 Å². The molecule has 0 amide bonds. The SMILES string of the molecule is COc1cccc(C(=O)c2cccc(C)n2)c1. The van der Waals surface area contributed by atoms with Crippen LogP contribution in [0.1, 0.15) is 21.7 Å². The highest BCUT2D eigenvalue weighted by Crippen LogP contribution is 2.15. The Morgan fingerprint density at radius 1 is 1.18 bits per heavy atom. The second-order valence-corrected chi connectivity index (χ2v) is 3.73. The summed E-state index contributed by atoms with van der Waals surface area (Å²) in [5.41, 5.74) is 1.87. The first-order chi connectivity index (χ1) is 8.20. The van der Waals surface area contributed by atoms with E-state index in [1.54, 1.807) is 37.4 Å². The Morgan fingerprint density at radius 3 is 2.65 bits per heavy atom. The van der Waals surface area contributed by atoms with E-state index in [0.29, 0.717) is 17.0 Å². The Morgan fingerprint density at radius 2 is 1.94 bits per heavy atom. The van der Waals surface area contributed by atoms with Gasteiger partial charge in [0.05, 0.1) is 7.11 Å². The van der Waals surface area contributed by atoms with Crippen molar-refractivity contribution in [3.05, 3.63) is 59.4 Å². The summed E-state index contributed by atoms with van der Waals surface area (Å²) < 4.78 is 5.09. The van der Waals surface area contributed by atoms with Crippen LogP contribution in [0.25, 0.3) is 0 Å². The molecule has 3 heteroatoms. The summed E-state index contributed by atoms with van der Waals surface area (Å²) >= 11 is 0. The normalized spacial score (nSPS) is 10.0. The summed E-state index contributed by atoms with van der Waals surface area (Å²) in [6.45, 7) is 1.86. The predicted octanol–water partition coefficient (Wildman–Crippen LogP) is 2.63. The van der Waals surface area contributed by atoms with Crippen LogP contribution in [0.3, 0.4) is 0 Å². The van der Waals surface area contributed by atoms with Crippen LogP contribution < -0.4 is 4.74 Å². The van der Waals surface area contributed by atoms with Crippen LogP contribution in [0.15, 0.2) is 42.5 Å². The number of nitrogens with zero attached hydrogens (tertiary/aromatic N) is 1. The Bertz CT molecular complexity index is 549. The summed E-state index contributed by atoms with van der Waals surface area (Å²) in [4.78, 5) is 16.4. The second-order valence-electron chi connectivity index (χ2n) is 3.73. The first-order valence-corrected chi connectivity index (χ1v) is 5.33. The van der Waals surface area contributed by atoms with Gasteiger partial charge in [0.2, 0.25) is 5.78 Å². The fourth-order valence-corrected chi connectivity index (χ4v) is 1.58. The van der Waals surface area contributed by atoms with Gasteiger partial charge in [-0.2, -0.15) is 0 Å². The van der Waals surface area contributed by atoms with E-state index in [2.05, 4.69) is 4.98 Å². The zero-order valence-electron chi connectivity index (χ0n) is 9.81. The molecule has 17 heavy (non-hydrogen) atoms. The van der Waals surface area contributed by atoms with Crippen molar-refractivity contribution in [2.45, 2.75) is 6.92 Å². The zero-order valence-corrected chi connectivity index (χ0v) is 9.81. The molecule has 1 aromatic heterocycles. The van der Waals surface area contributed by atoms with Crippen molar-refractivity contribution in [1.29, 1.82) is 0 Å². The number of methoxy groups -OCH3 is 1. The average molecular weight is 227 g/mol. The van der Waals surface area contributed by atoms with Crippen LogP contribution in [0, 0.1) is 6.92 Å². The van der Waals surface area contributed by atoms with Gasteiger partial charge in [-0.1, -0.05) is 18.2 Å². The largest absolute Gasteiger partial charge is 0.497 e. The molecule has 0 N–H and O–H groups in total. The minimum Gasteiger partial charge on any atom is -0.497 e. The molecule has 0 unspecified atom stereocenters. The Hall–Kier alpha value is -2.16. The molecule has 0 aliphatic carbocycles. The molecular formula is C14H13NO2. The van der Waals surface area contributed by atoms with Crippen molar-refractivity contribution >= 4 is 5.78 Å². The summed E-state index contributed by atoms with van der Waals surface area (Å²) in [5.74, 6) is 0.580. The number of carbonyl (C=O) groups excluding carboxylic acids is 1. The third kappa shape index (κ3) is 2.50. The summed E-state index contributed by atoms with van der Waals surface area (Å²) in [6.07, 6.45) is 0. The monoisotopic (exact) mass is 227 g/mol. The molecule has 0 fully saturated rings. The maximum atomic E-state index is 12.1. The highest BCUT2D eigenvalue weighted by molar-refractivity contribution is 6.07. The van der Waals surface area contributed by atoms with Crippen molar-refractivity contribution in [3.8, 4) is 5.75 Å². The van der Waals surface area contributed by atoms with Crippen molar-refractivity contribution in [2.75, 3.05) is 7.11 Å². The number of aryl methyl sites for hydroxylation is 1. The first kappa shape index (κ1) is 11.3. The van der Waals surface area contributed by atoms with Gasteiger partial charge in [0.1, 0.15) is 11.4 Å². The van der Waals surface area contributed by atoms with Crippen LogP contribution >= 0.6 is 0 Å². The van der Waals surface area contributed by atoms with Crippen molar-refractivity contribution in [3.63, 3.8) is 0 Å². The van der Waals surface area contributed by atoms with Gasteiger partial charge >= 0.3 is 0 Å². The van der Waals surface area contributed by atoms with E-state index >= 15 is 0 Å². The Kier molecular flexibility index (Phi) is 3.19. The predicted molar refractivity (Wildman–Crippen MR) is 65.4 cm³/mol. The fraction of sp³-hybridized carbons (Fsp3) is 0.143. The molecule has 0 atom stereocenters. The summed E-state index contributed by atoms with van der Waals surface area (Å²) in [6, 6.07) is 12.5. The maximum absolute atomic E-state index is 12.1. The number of rotatable bonds is 3. The lowest BCUT2D eigenvalue weighted by atomic mass is 10.1. The van der Waals surface area contributed by atoms with Gasteiger partial charge in [0.15, 0.2) is 0 Å². The third-order valence-electron chi connectivity index (χ3n) is 2.45. The fourth-order valence-electron chi connectivity index (χ4n) is 1.58. The lowest BCUT2D eigenvalue weighted by Crippen LogP contribution is -2.04. The second kappa shape index (κ2) is 4.78. The molecule has 1 heterocycles. The Labute approximate surface area is 100 Å². The van der Waals surface area contributed by atoms with Gasteiger partial charge in [0, 0.05) is 11.3 Å². The van der Waals surface area contributed by atoms with Crippen molar-refractivity contribution in [1.82, 2.24) is 4.98 Å². The van der Waals surface area contributed by atoms with Gasteiger partial charge in [-0.3, -0.25) is 4.79 Å². The third-order valence-corrected chi connectivity index (χ3v) is 2.45. The summed E-state index contributed by atoms with van der Waals surface area (Å²) in [7, 11) is 1.58. The maximum Gasteiger partial charge on any atom is 0.211 e. The van der Waals surface area contributed by atoms with E-state index < -0.39 is 0 Å². The van der Waals surface area contributed by atoms with Crippen molar-refractivity contribution < 1.29 is 9.53 Å². The molecule has 0 radical (unpaired) electrons. The minimum atomic E-state index is -0.0902. The van der Waals surface area contributed by atoms with Crippen molar-refractivity contribution in [2.24, 2.45) is 0 Å². The van der Waals surface area contributed by atoms with Crippen LogP contribution in [0.4, 0.5) is 0 Å². The van der Waals surface area contributed by atoms with Crippen LogP contribution in [-0.2, 0) is 0 Å². The number of hydrogen-bond donors (Lipinski definition) is 0. The van der Waals surface area contributed by atoms with Gasteiger partial charge in [-0.25, -0.2) is 4.98 Å². The number of ether oxygens (including phenoxy) is 1. The van der Waals surface area contributed by atoms with E-state index in [-0.39, 0.29) is 5.78 Å². The van der Waals surface area contributed by atoms with Crippen LogP contribution in [-0.4, -0.2) is 17.9 Å². The highest BCUT2D eigenvalue weighted by atomic mass is 16.5. The van der Waals surface area contributed by atoms with Gasteiger partial charge in [-0.05, 0) is 31.2 Å². The first-order valence-electron chi connectivity index (χ1n) is 5.33. The number of aromatic nitrogens is 1. The Balaban J connectivity index is 2.36. The lowest BCUT2D eigenvalue weighted by Gasteiger charge is -2.04. The van der Waals surface area contributed by atoms with E-state index in [9.17, 15) is 4.79 Å². The molecule has 3 nitrogen and oxygen atoms in total. The quantitative estimate of drug-likeness (QED) is 0.757. The standard InChI is InChI=1S/C14H13NO2/c1-10-5-3-8-13(15-10)14(16)11-6-4-7-12(9-11)17-2/h3-9H,1-2H3. The molecule has 0 saturated heterocycles. The molecular weight excluding hydrogens is 214 g/mol. The molecule has 2 rings (SSSR count). The number of ketones is 1. The zero-order chi connectivity index (χ0) is 12.3. The molecule has 1 aromatic carbocycles. The van der Waals surface area contributed by atoms with E-state index in [1.165, 1.54) is 0 Å². The smallest absolute Gasteiger partial charge is 0.211 e. The minimum absolute atomic E-state index is 0.0902. The van der Waals surface area contributed by atoms with E-state index in [4.69, 9.17) is 4.74 Å². The van der Waals surface area contributed by atoms with Gasteiger partial charge in [-0.15, -0.1) is 0 Å². The average Bonchev–Trinajstić information content (AvgIpc) is 2.38. The number of hydrogen-bond acceptors (Lipinski definition) is 3. The number of carbonyl (C=O) groups is 1.